The fraction of sp³-hybridized carbons (Fsp3) is 0.217. The highest BCUT2D eigenvalue weighted by atomic mass is 35.5. The first-order valence-corrected chi connectivity index (χ1v) is 11.0. The molecule has 0 spiro atoms. The van der Waals surface area contributed by atoms with Crippen LogP contribution < -0.4 is 14.4 Å². The second-order valence-electron chi connectivity index (χ2n) is 6.85. The minimum atomic E-state index is -0.478. The molecule has 0 fully saturated rings. The van der Waals surface area contributed by atoms with Gasteiger partial charge in [-0.3, -0.25) is 9.59 Å². The predicted molar refractivity (Wildman–Crippen MR) is 119 cm³/mol. The van der Waals surface area contributed by atoms with E-state index in [4.69, 9.17) is 25.8 Å². The summed E-state index contributed by atoms with van der Waals surface area (Å²) in [6, 6.07) is 16.2. The molecule has 8 heteroatoms. The summed E-state index contributed by atoms with van der Waals surface area (Å²) in [5.74, 6) is 0.434. The number of ether oxygens (including phenoxy) is 3. The van der Waals surface area contributed by atoms with Crippen LogP contribution in [0.1, 0.15) is 10.4 Å². The number of carbonyl (C=O) groups is 2. The molecule has 31 heavy (non-hydrogen) atoms. The number of benzene rings is 2. The van der Waals surface area contributed by atoms with E-state index in [0.717, 1.165) is 10.4 Å². The molecule has 3 aromatic rings. The van der Waals surface area contributed by atoms with E-state index >= 15 is 0 Å². The van der Waals surface area contributed by atoms with Crippen LogP contribution in [0.5, 0.6) is 11.5 Å². The lowest BCUT2D eigenvalue weighted by molar-refractivity contribution is -0.147. The first-order valence-electron chi connectivity index (χ1n) is 9.71. The third kappa shape index (κ3) is 5.57. The van der Waals surface area contributed by atoms with E-state index in [9.17, 15) is 9.59 Å². The lowest BCUT2D eigenvalue weighted by atomic mass is 10.1. The molecule has 4 rings (SSSR count). The molecule has 2 aromatic carbocycles. The SMILES string of the molecule is O=C(Cc1ccc(Cl)cc1)OCC(=O)N(Cc1cccs1)c1ccc2c(c1)OCCO2. The van der Waals surface area contributed by atoms with Gasteiger partial charge in [-0.25, -0.2) is 0 Å². The molecule has 0 saturated carbocycles. The lowest BCUT2D eigenvalue weighted by Crippen LogP contribution is -2.34. The molecular weight excluding hydrogens is 438 g/mol. The highest BCUT2D eigenvalue weighted by Crippen LogP contribution is 2.34. The smallest absolute Gasteiger partial charge is 0.310 e. The van der Waals surface area contributed by atoms with E-state index < -0.39 is 5.97 Å². The molecule has 1 aromatic heterocycles. The Labute approximate surface area is 188 Å². The van der Waals surface area contributed by atoms with Crippen molar-refractivity contribution in [1.29, 1.82) is 0 Å². The maximum absolute atomic E-state index is 13.0. The topological polar surface area (TPSA) is 65.1 Å². The molecule has 1 amide bonds. The molecule has 0 N–H and O–H groups in total. The third-order valence-corrected chi connectivity index (χ3v) is 5.76. The molecular formula is C23H20ClNO5S. The van der Waals surface area contributed by atoms with Crippen molar-refractivity contribution in [2.45, 2.75) is 13.0 Å². The van der Waals surface area contributed by atoms with Crippen LogP contribution in [-0.2, 0) is 27.3 Å². The Morgan fingerprint density at radius 1 is 1.03 bits per heavy atom. The van der Waals surface area contributed by atoms with Crippen molar-refractivity contribution in [3.05, 3.63) is 75.4 Å². The molecule has 160 valence electrons. The van der Waals surface area contributed by atoms with Gasteiger partial charge in [0, 0.05) is 21.7 Å². The number of thiophene rings is 1. The number of nitrogens with zero attached hydrogens (tertiary/aromatic N) is 1. The molecule has 0 aliphatic carbocycles. The van der Waals surface area contributed by atoms with Gasteiger partial charge in [-0.2, -0.15) is 0 Å². The summed E-state index contributed by atoms with van der Waals surface area (Å²) >= 11 is 7.42. The highest BCUT2D eigenvalue weighted by molar-refractivity contribution is 7.09. The van der Waals surface area contributed by atoms with E-state index in [1.807, 2.05) is 17.5 Å². The summed E-state index contributed by atoms with van der Waals surface area (Å²) in [5.41, 5.74) is 1.42. The molecule has 0 unspecified atom stereocenters. The van der Waals surface area contributed by atoms with Crippen molar-refractivity contribution in [3.8, 4) is 11.5 Å². The lowest BCUT2D eigenvalue weighted by Gasteiger charge is -2.25. The van der Waals surface area contributed by atoms with Gasteiger partial charge in [0.05, 0.1) is 13.0 Å². The first-order chi connectivity index (χ1) is 15.1. The predicted octanol–water partition coefficient (Wildman–Crippen LogP) is 4.49. The Morgan fingerprint density at radius 3 is 2.55 bits per heavy atom. The van der Waals surface area contributed by atoms with Crippen LogP contribution in [0.2, 0.25) is 5.02 Å². The molecule has 0 saturated heterocycles. The molecule has 6 nitrogen and oxygen atoms in total. The van der Waals surface area contributed by atoms with Gasteiger partial charge in [-0.1, -0.05) is 29.8 Å². The third-order valence-electron chi connectivity index (χ3n) is 4.65. The van der Waals surface area contributed by atoms with Crippen molar-refractivity contribution < 1.29 is 23.8 Å². The monoisotopic (exact) mass is 457 g/mol. The number of carbonyl (C=O) groups excluding carboxylic acids is 2. The van der Waals surface area contributed by atoms with Gasteiger partial charge in [-0.15, -0.1) is 11.3 Å². The number of fused-ring (bicyclic) bond motifs is 1. The molecule has 1 aliphatic heterocycles. The summed E-state index contributed by atoms with van der Waals surface area (Å²) in [5, 5.41) is 2.55. The average molecular weight is 458 g/mol. The Kier molecular flexibility index (Phi) is 6.74. The quantitative estimate of drug-likeness (QED) is 0.489. The van der Waals surface area contributed by atoms with Gasteiger partial charge >= 0.3 is 5.97 Å². The van der Waals surface area contributed by atoms with Crippen LogP contribution in [0.25, 0.3) is 0 Å². The standard InChI is InChI=1S/C23H20ClNO5S/c24-17-5-3-16(4-6-17)12-23(27)30-15-22(26)25(14-19-2-1-11-31-19)18-7-8-20-21(13-18)29-10-9-28-20/h1-8,11,13H,9-10,12,14-15H2. The van der Waals surface area contributed by atoms with Crippen molar-refractivity contribution >= 4 is 40.5 Å². The van der Waals surface area contributed by atoms with Crippen LogP contribution in [-0.4, -0.2) is 31.7 Å². The van der Waals surface area contributed by atoms with Crippen LogP contribution in [0, 0.1) is 0 Å². The zero-order chi connectivity index (χ0) is 21.6. The van der Waals surface area contributed by atoms with Gasteiger partial charge in [0.2, 0.25) is 0 Å². The van der Waals surface area contributed by atoms with Gasteiger partial charge in [-0.05, 0) is 41.3 Å². The van der Waals surface area contributed by atoms with E-state index in [2.05, 4.69) is 0 Å². The number of hydrogen-bond donors (Lipinski definition) is 0. The zero-order valence-electron chi connectivity index (χ0n) is 16.6. The Morgan fingerprint density at radius 2 is 1.81 bits per heavy atom. The minimum Gasteiger partial charge on any atom is -0.486 e. The van der Waals surface area contributed by atoms with Crippen LogP contribution in [0.3, 0.4) is 0 Å². The Bertz CT molecular complexity index is 1050. The normalized spacial score (nSPS) is 12.3. The molecule has 0 bridgehead atoms. The fourth-order valence-electron chi connectivity index (χ4n) is 3.12. The van der Waals surface area contributed by atoms with Crippen molar-refractivity contribution in [1.82, 2.24) is 0 Å². The van der Waals surface area contributed by atoms with Crippen molar-refractivity contribution in [2.75, 3.05) is 24.7 Å². The Hall–Kier alpha value is -3.03. The Balaban J connectivity index is 1.45. The summed E-state index contributed by atoms with van der Waals surface area (Å²) in [7, 11) is 0. The van der Waals surface area contributed by atoms with Crippen LogP contribution in [0.4, 0.5) is 5.69 Å². The van der Waals surface area contributed by atoms with Crippen LogP contribution in [0.15, 0.2) is 60.0 Å². The number of halogens is 1. The summed E-state index contributed by atoms with van der Waals surface area (Å²) < 4.78 is 16.5. The highest BCUT2D eigenvalue weighted by Gasteiger charge is 2.21. The number of rotatable bonds is 7. The minimum absolute atomic E-state index is 0.0688. The van der Waals surface area contributed by atoms with Crippen molar-refractivity contribution in [2.24, 2.45) is 0 Å². The summed E-state index contributed by atoms with van der Waals surface area (Å²) in [6.45, 7) is 0.961. The van der Waals surface area contributed by atoms with Crippen molar-refractivity contribution in [3.63, 3.8) is 0 Å². The van der Waals surface area contributed by atoms with Gasteiger partial charge in [0.1, 0.15) is 13.2 Å². The van der Waals surface area contributed by atoms with Gasteiger partial charge in [0.25, 0.3) is 5.91 Å². The second kappa shape index (κ2) is 9.85. The second-order valence-corrected chi connectivity index (χ2v) is 8.32. The molecule has 0 radical (unpaired) electrons. The average Bonchev–Trinajstić information content (AvgIpc) is 3.30. The van der Waals surface area contributed by atoms with E-state index in [0.29, 0.717) is 42.0 Å². The number of hydrogen-bond acceptors (Lipinski definition) is 6. The van der Waals surface area contributed by atoms with Gasteiger partial charge < -0.3 is 19.1 Å². The van der Waals surface area contributed by atoms with E-state index in [1.54, 1.807) is 58.7 Å². The largest absolute Gasteiger partial charge is 0.486 e. The zero-order valence-corrected chi connectivity index (χ0v) is 18.2. The number of anilines is 1. The van der Waals surface area contributed by atoms with Crippen LogP contribution >= 0.6 is 22.9 Å². The maximum atomic E-state index is 13.0. The molecule has 2 heterocycles. The number of amides is 1. The fourth-order valence-corrected chi connectivity index (χ4v) is 3.94. The van der Waals surface area contributed by atoms with Gasteiger partial charge in [0.15, 0.2) is 18.1 Å². The summed E-state index contributed by atoms with van der Waals surface area (Å²) in [4.78, 5) is 27.8. The molecule has 0 atom stereocenters. The first kappa shape index (κ1) is 21.2. The van der Waals surface area contributed by atoms with E-state index in [1.165, 1.54) is 0 Å². The molecule has 1 aliphatic rings. The maximum Gasteiger partial charge on any atom is 0.310 e. The summed E-state index contributed by atoms with van der Waals surface area (Å²) in [6.07, 6.45) is 0.0688. The number of esters is 1. The van der Waals surface area contributed by atoms with E-state index in [-0.39, 0.29) is 18.9 Å².